The molecule has 26 heavy (non-hydrogen) atoms. The Kier molecular flexibility index (Phi) is 5.30. The molecule has 0 aromatic heterocycles. The molecule has 0 saturated carbocycles. The van der Waals surface area contributed by atoms with Gasteiger partial charge in [0, 0.05) is 32.3 Å². The first-order chi connectivity index (χ1) is 12.6. The van der Waals surface area contributed by atoms with E-state index in [2.05, 4.69) is 41.4 Å². The average Bonchev–Trinajstić information content (AvgIpc) is 2.64. The van der Waals surface area contributed by atoms with Crippen LogP contribution >= 0.6 is 0 Å². The molecule has 1 unspecified atom stereocenters. The second-order valence-corrected chi connectivity index (χ2v) is 8.20. The van der Waals surface area contributed by atoms with Gasteiger partial charge in [-0.15, -0.1) is 0 Å². The van der Waals surface area contributed by atoms with Crippen molar-refractivity contribution in [3.8, 4) is 0 Å². The topological polar surface area (TPSA) is 44.8 Å². The fourth-order valence-electron chi connectivity index (χ4n) is 4.78. The van der Waals surface area contributed by atoms with Gasteiger partial charge in [0.1, 0.15) is 0 Å². The number of hydrogen-bond donors (Lipinski definition) is 1. The number of benzene rings is 1. The van der Waals surface area contributed by atoms with Gasteiger partial charge in [-0.25, -0.2) is 0 Å². The maximum Gasteiger partial charge on any atom is 0.237 e. The molecule has 1 N–H and O–H groups in total. The summed E-state index contributed by atoms with van der Waals surface area (Å²) in [5.74, 6) is 0.267. The van der Waals surface area contributed by atoms with Gasteiger partial charge in [-0.2, -0.15) is 0 Å². The number of amides is 1. The van der Waals surface area contributed by atoms with Gasteiger partial charge in [0.25, 0.3) is 0 Å². The van der Waals surface area contributed by atoms with Crippen LogP contribution < -0.4 is 5.32 Å². The number of nitrogens with zero attached hydrogens (tertiary/aromatic N) is 2. The molecule has 0 radical (unpaired) electrons. The lowest BCUT2D eigenvalue weighted by molar-refractivity contribution is -0.146. The summed E-state index contributed by atoms with van der Waals surface area (Å²) in [7, 11) is 0. The van der Waals surface area contributed by atoms with Gasteiger partial charge >= 0.3 is 0 Å². The van der Waals surface area contributed by atoms with E-state index in [9.17, 15) is 4.79 Å². The van der Waals surface area contributed by atoms with Crippen LogP contribution in [0.1, 0.15) is 36.8 Å². The van der Waals surface area contributed by atoms with E-state index in [1.807, 2.05) is 4.90 Å². The Bertz CT molecular complexity index is 636. The van der Waals surface area contributed by atoms with Crippen molar-refractivity contribution in [1.29, 1.82) is 0 Å². The van der Waals surface area contributed by atoms with Crippen LogP contribution in [0.25, 0.3) is 0 Å². The maximum atomic E-state index is 12.7. The first kappa shape index (κ1) is 18.0. The Labute approximate surface area is 156 Å². The van der Waals surface area contributed by atoms with E-state index in [1.165, 1.54) is 11.1 Å². The highest BCUT2D eigenvalue weighted by molar-refractivity contribution is 5.79. The molecular weight excluding hydrogens is 326 g/mol. The SMILES string of the molecule is Cc1cccc(CN2CCN(C3CCOC4(CCNCC4)C3)CC2=O)c1. The summed E-state index contributed by atoms with van der Waals surface area (Å²) >= 11 is 0. The van der Waals surface area contributed by atoms with Crippen molar-refractivity contribution < 1.29 is 9.53 Å². The Morgan fingerprint density at radius 1 is 1.27 bits per heavy atom. The molecule has 142 valence electrons. The fraction of sp³-hybridized carbons (Fsp3) is 0.667. The minimum atomic E-state index is 0.0515. The largest absolute Gasteiger partial charge is 0.375 e. The van der Waals surface area contributed by atoms with Crippen LogP contribution in [0.2, 0.25) is 0 Å². The summed E-state index contributed by atoms with van der Waals surface area (Å²) in [5.41, 5.74) is 2.53. The number of rotatable bonds is 3. The monoisotopic (exact) mass is 357 g/mol. The highest BCUT2D eigenvalue weighted by atomic mass is 16.5. The molecule has 1 atom stereocenters. The summed E-state index contributed by atoms with van der Waals surface area (Å²) in [6, 6.07) is 8.97. The molecule has 4 rings (SSSR count). The number of aryl methyl sites for hydroxylation is 1. The smallest absolute Gasteiger partial charge is 0.237 e. The number of carbonyl (C=O) groups is 1. The number of hydrogen-bond acceptors (Lipinski definition) is 4. The zero-order chi connectivity index (χ0) is 18.0. The molecule has 5 heteroatoms. The third-order valence-electron chi connectivity index (χ3n) is 6.30. The van der Waals surface area contributed by atoms with Crippen LogP contribution in [-0.2, 0) is 16.1 Å². The molecule has 3 aliphatic heterocycles. The number of piperidine rings is 1. The van der Waals surface area contributed by atoms with Crippen LogP contribution in [0.4, 0.5) is 0 Å². The van der Waals surface area contributed by atoms with Gasteiger partial charge < -0.3 is 15.0 Å². The highest BCUT2D eigenvalue weighted by Crippen LogP contribution is 2.35. The lowest BCUT2D eigenvalue weighted by atomic mass is 9.82. The predicted molar refractivity (Wildman–Crippen MR) is 102 cm³/mol. The molecule has 5 nitrogen and oxygen atoms in total. The van der Waals surface area contributed by atoms with E-state index < -0.39 is 0 Å². The van der Waals surface area contributed by atoms with Gasteiger partial charge in [0.05, 0.1) is 12.1 Å². The van der Waals surface area contributed by atoms with Crippen LogP contribution in [0.15, 0.2) is 24.3 Å². The predicted octanol–water partition coefficient (Wildman–Crippen LogP) is 1.94. The van der Waals surface area contributed by atoms with Gasteiger partial charge in [-0.3, -0.25) is 9.69 Å². The van der Waals surface area contributed by atoms with Crippen molar-refractivity contribution in [3.05, 3.63) is 35.4 Å². The zero-order valence-corrected chi connectivity index (χ0v) is 15.9. The summed E-state index contributed by atoms with van der Waals surface area (Å²) in [4.78, 5) is 17.2. The third-order valence-corrected chi connectivity index (χ3v) is 6.30. The fourth-order valence-corrected chi connectivity index (χ4v) is 4.78. The Balaban J connectivity index is 1.35. The average molecular weight is 357 g/mol. The van der Waals surface area contributed by atoms with Gasteiger partial charge in [0.15, 0.2) is 0 Å². The summed E-state index contributed by atoms with van der Waals surface area (Å²) < 4.78 is 6.20. The van der Waals surface area contributed by atoms with Crippen LogP contribution in [0.3, 0.4) is 0 Å². The molecule has 0 bridgehead atoms. The minimum absolute atomic E-state index is 0.0515. The number of nitrogens with one attached hydrogen (secondary N) is 1. The number of carbonyl (C=O) groups excluding carboxylic acids is 1. The molecule has 0 aliphatic carbocycles. The summed E-state index contributed by atoms with van der Waals surface area (Å²) in [6.45, 7) is 8.15. The van der Waals surface area contributed by atoms with Crippen molar-refractivity contribution in [1.82, 2.24) is 15.1 Å². The number of ether oxygens (including phenoxy) is 1. The lowest BCUT2D eigenvalue weighted by Crippen LogP contribution is -2.58. The first-order valence-electron chi connectivity index (χ1n) is 10.1. The minimum Gasteiger partial charge on any atom is -0.375 e. The van der Waals surface area contributed by atoms with Crippen LogP contribution in [0.5, 0.6) is 0 Å². The normalized spacial score (nSPS) is 27.0. The second-order valence-electron chi connectivity index (χ2n) is 8.20. The molecular formula is C21H31N3O2. The standard InChI is InChI=1S/C21H31N3O2/c1-17-3-2-4-18(13-17)15-24-11-10-23(16-20(24)25)19-5-12-26-21(14-19)6-8-22-9-7-21/h2-4,13,19,22H,5-12,14-16H2,1H3. The van der Waals surface area contributed by atoms with Crippen molar-refractivity contribution in [2.24, 2.45) is 0 Å². The quantitative estimate of drug-likeness (QED) is 0.898. The Morgan fingerprint density at radius 3 is 2.88 bits per heavy atom. The van der Waals surface area contributed by atoms with Crippen LogP contribution in [-0.4, -0.2) is 66.7 Å². The molecule has 1 amide bonds. The van der Waals surface area contributed by atoms with Crippen molar-refractivity contribution in [2.45, 2.75) is 50.8 Å². The van der Waals surface area contributed by atoms with Gasteiger partial charge in [0.2, 0.25) is 5.91 Å². The molecule has 1 spiro atoms. The second kappa shape index (κ2) is 7.67. The van der Waals surface area contributed by atoms with Gasteiger partial charge in [-0.1, -0.05) is 29.8 Å². The molecule has 3 saturated heterocycles. The van der Waals surface area contributed by atoms with Crippen molar-refractivity contribution in [3.63, 3.8) is 0 Å². The maximum absolute atomic E-state index is 12.7. The van der Waals surface area contributed by atoms with E-state index in [1.54, 1.807) is 0 Å². The van der Waals surface area contributed by atoms with E-state index >= 15 is 0 Å². The Morgan fingerprint density at radius 2 is 2.12 bits per heavy atom. The third kappa shape index (κ3) is 3.95. The molecule has 3 aliphatic rings. The number of piperazine rings is 1. The van der Waals surface area contributed by atoms with Crippen LogP contribution in [0, 0.1) is 6.92 Å². The van der Waals surface area contributed by atoms with E-state index in [0.717, 1.165) is 65.0 Å². The van der Waals surface area contributed by atoms with Crippen molar-refractivity contribution in [2.75, 3.05) is 39.3 Å². The molecule has 3 heterocycles. The summed E-state index contributed by atoms with van der Waals surface area (Å²) in [5, 5.41) is 3.44. The van der Waals surface area contributed by atoms with Crippen molar-refractivity contribution >= 4 is 5.91 Å². The zero-order valence-electron chi connectivity index (χ0n) is 15.9. The molecule has 1 aromatic rings. The van der Waals surface area contributed by atoms with E-state index in [4.69, 9.17) is 4.74 Å². The lowest BCUT2D eigenvalue weighted by Gasteiger charge is -2.48. The summed E-state index contributed by atoms with van der Waals surface area (Å²) in [6.07, 6.45) is 4.34. The molecule has 3 fully saturated rings. The Hall–Kier alpha value is -1.43. The van der Waals surface area contributed by atoms with E-state index in [0.29, 0.717) is 12.6 Å². The first-order valence-corrected chi connectivity index (χ1v) is 10.1. The highest BCUT2D eigenvalue weighted by Gasteiger charge is 2.41. The van der Waals surface area contributed by atoms with E-state index in [-0.39, 0.29) is 11.5 Å². The van der Waals surface area contributed by atoms with Gasteiger partial charge in [-0.05, 0) is 51.3 Å². The molecule has 1 aromatic carbocycles.